The van der Waals surface area contributed by atoms with Crippen molar-refractivity contribution in [3.8, 4) is 11.3 Å². The largest absolute Gasteiger partial charge is 0.385 e. The van der Waals surface area contributed by atoms with Crippen molar-refractivity contribution in [2.24, 2.45) is 0 Å². The fourth-order valence-electron chi connectivity index (χ4n) is 3.40. The predicted octanol–water partition coefficient (Wildman–Crippen LogP) is 1.99. The first-order valence-corrected chi connectivity index (χ1v) is 6.71. The molecule has 4 heteroatoms. The molecule has 1 N–H and O–H groups in total. The van der Waals surface area contributed by atoms with Crippen LogP contribution in [0.25, 0.3) is 11.3 Å². The molecule has 19 heavy (non-hydrogen) atoms. The van der Waals surface area contributed by atoms with Crippen molar-refractivity contribution in [3.63, 3.8) is 0 Å². The number of nitrogens with zero attached hydrogens (tertiary/aromatic N) is 2. The molecule has 2 aliphatic heterocycles. The van der Waals surface area contributed by atoms with E-state index in [-0.39, 0.29) is 6.04 Å². The summed E-state index contributed by atoms with van der Waals surface area (Å²) < 4.78 is 7.60. The lowest BCUT2D eigenvalue weighted by atomic mass is 9.84. The molecule has 1 fully saturated rings. The van der Waals surface area contributed by atoms with E-state index < -0.39 is 5.60 Å². The summed E-state index contributed by atoms with van der Waals surface area (Å²) in [5, 5.41) is 11.0. The minimum atomic E-state index is -0.833. The van der Waals surface area contributed by atoms with Crippen molar-refractivity contribution >= 4 is 0 Å². The maximum absolute atomic E-state index is 11.0. The molecule has 3 heterocycles. The lowest BCUT2D eigenvalue weighted by Gasteiger charge is -2.38. The highest BCUT2D eigenvalue weighted by atomic mass is 16.5. The van der Waals surface area contributed by atoms with Gasteiger partial charge in [-0.3, -0.25) is 0 Å². The standard InChI is InChI=1S/C15H16N2O2/c18-15(6-3-7-19-9-15)14-12-5-2-1-4-11(12)13-8-16-10-17(13)14/h1-2,4-5,8,10,14,18H,3,6-7,9H2/t14-,15+/m0/s1. The summed E-state index contributed by atoms with van der Waals surface area (Å²) in [7, 11) is 0. The molecule has 1 saturated heterocycles. The second kappa shape index (κ2) is 3.92. The highest BCUT2D eigenvalue weighted by Crippen LogP contribution is 2.46. The van der Waals surface area contributed by atoms with Crippen LogP contribution in [0.2, 0.25) is 0 Å². The normalized spacial score (nSPS) is 29.0. The molecule has 0 amide bonds. The van der Waals surface area contributed by atoms with Crippen LogP contribution in [0.4, 0.5) is 0 Å². The quantitative estimate of drug-likeness (QED) is 0.849. The van der Waals surface area contributed by atoms with E-state index >= 15 is 0 Å². The van der Waals surface area contributed by atoms with Crippen LogP contribution in [-0.4, -0.2) is 33.5 Å². The molecular formula is C15H16N2O2. The van der Waals surface area contributed by atoms with Gasteiger partial charge in [0.1, 0.15) is 5.60 Å². The van der Waals surface area contributed by atoms with Gasteiger partial charge in [-0.25, -0.2) is 4.98 Å². The Hall–Kier alpha value is -1.65. The van der Waals surface area contributed by atoms with E-state index in [1.54, 1.807) is 0 Å². The Bertz CT molecular complexity index is 614. The SMILES string of the molecule is O[C@]1([C@@H]2c3ccccc3-c3cncn32)CCCOC1. The van der Waals surface area contributed by atoms with Gasteiger partial charge in [-0.1, -0.05) is 24.3 Å². The molecule has 0 radical (unpaired) electrons. The molecule has 98 valence electrons. The van der Waals surface area contributed by atoms with E-state index in [9.17, 15) is 5.11 Å². The van der Waals surface area contributed by atoms with Gasteiger partial charge in [-0.2, -0.15) is 0 Å². The molecule has 4 rings (SSSR count). The van der Waals surface area contributed by atoms with Crippen LogP contribution in [-0.2, 0) is 4.74 Å². The molecule has 0 bridgehead atoms. The van der Waals surface area contributed by atoms with E-state index in [0.29, 0.717) is 6.61 Å². The molecule has 0 spiro atoms. The molecule has 1 aromatic heterocycles. The number of fused-ring (bicyclic) bond motifs is 3. The van der Waals surface area contributed by atoms with Gasteiger partial charge in [0.15, 0.2) is 0 Å². The fourth-order valence-corrected chi connectivity index (χ4v) is 3.40. The number of imidazole rings is 1. The first kappa shape index (κ1) is 11.2. The minimum absolute atomic E-state index is 0.0819. The first-order chi connectivity index (χ1) is 9.30. The van der Waals surface area contributed by atoms with Gasteiger partial charge in [-0.15, -0.1) is 0 Å². The monoisotopic (exact) mass is 256 g/mol. The van der Waals surface area contributed by atoms with Crippen LogP contribution in [0, 0.1) is 0 Å². The second-order valence-electron chi connectivity index (χ2n) is 5.44. The van der Waals surface area contributed by atoms with Crippen molar-refractivity contribution in [1.29, 1.82) is 0 Å². The van der Waals surface area contributed by atoms with Crippen LogP contribution in [0.5, 0.6) is 0 Å². The molecule has 2 aliphatic rings. The van der Waals surface area contributed by atoms with Crippen LogP contribution in [0.3, 0.4) is 0 Å². The number of ether oxygens (including phenoxy) is 1. The third kappa shape index (κ3) is 1.50. The van der Waals surface area contributed by atoms with E-state index in [0.717, 1.165) is 25.1 Å². The lowest BCUT2D eigenvalue weighted by Crippen LogP contribution is -2.45. The fraction of sp³-hybridized carbons (Fsp3) is 0.400. The van der Waals surface area contributed by atoms with E-state index in [4.69, 9.17) is 4.74 Å². The van der Waals surface area contributed by atoms with Crippen molar-refractivity contribution < 1.29 is 9.84 Å². The molecular weight excluding hydrogens is 240 g/mol. The highest BCUT2D eigenvalue weighted by Gasteiger charge is 2.45. The van der Waals surface area contributed by atoms with Gasteiger partial charge in [0.05, 0.1) is 30.9 Å². The molecule has 0 aliphatic carbocycles. The molecule has 2 atom stereocenters. The zero-order valence-corrected chi connectivity index (χ0v) is 10.6. The lowest BCUT2D eigenvalue weighted by molar-refractivity contribution is -0.105. The molecule has 0 unspecified atom stereocenters. The van der Waals surface area contributed by atoms with E-state index in [2.05, 4.69) is 21.7 Å². The smallest absolute Gasteiger partial charge is 0.113 e. The van der Waals surface area contributed by atoms with Gasteiger partial charge in [-0.05, 0) is 18.4 Å². The number of aromatic nitrogens is 2. The van der Waals surface area contributed by atoms with Gasteiger partial charge in [0.2, 0.25) is 0 Å². The summed E-state index contributed by atoms with van der Waals surface area (Å²) in [6.45, 7) is 1.14. The molecule has 0 saturated carbocycles. The summed E-state index contributed by atoms with van der Waals surface area (Å²) in [4.78, 5) is 4.23. The molecule has 2 aromatic rings. The van der Waals surface area contributed by atoms with Crippen molar-refractivity contribution in [2.45, 2.75) is 24.5 Å². The number of hydrogen-bond donors (Lipinski definition) is 1. The topological polar surface area (TPSA) is 47.3 Å². The van der Waals surface area contributed by atoms with Crippen LogP contribution >= 0.6 is 0 Å². The summed E-state index contributed by atoms with van der Waals surface area (Å²) in [6, 6.07) is 8.16. The van der Waals surface area contributed by atoms with Gasteiger partial charge in [0, 0.05) is 12.2 Å². The number of benzene rings is 1. The Morgan fingerprint density at radius 1 is 1.37 bits per heavy atom. The summed E-state index contributed by atoms with van der Waals surface area (Å²) in [5.41, 5.74) is 2.59. The molecule has 1 aromatic carbocycles. The Kier molecular flexibility index (Phi) is 2.31. The first-order valence-electron chi connectivity index (χ1n) is 6.71. The van der Waals surface area contributed by atoms with Crippen molar-refractivity contribution in [2.75, 3.05) is 13.2 Å². The second-order valence-corrected chi connectivity index (χ2v) is 5.44. The zero-order chi connectivity index (χ0) is 12.9. The van der Waals surface area contributed by atoms with Crippen LogP contribution in [0.1, 0.15) is 24.4 Å². The Morgan fingerprint density at radius 3 is 3.11 bits per heavy atom. The highest BCUT2D eigenvalue weighted by molar-refractivity contribution is 5.69. The van der Waals surface area contributed by atoms with Crippen LogP contribution in [0.15, 0.2) is 36.8 Å². The Labute approximate surface area is 111 Å². The van der Waals surface area contributed by atoms with Gasteiger partial charge in [0.25, 0.3) is 0 Å². The average molecular weight is 256 g/mol. The third-order valence-corrected chi connectivity index (χ3v) is 4.23. The minimum Gasteiger partial charge on any atom is -0.385 e. The maximum atomic E-state index is 11.0. The predicted molar refractivity (Wildman–Crippen MR) is 70.8 cm³/mol. The number of rotatable bonds is 1. The summed E-state index contributed by atoms with van der Waals surface area (Å²) >= 11 is 0. The molecule has 4 nitrogen and oxygen atoms in total. The number of hydrogen-bond acceptors (Lipinski definition) is 3. The average Bonchev–Trinajstić information content (AvgIpc) is 2.99. The zero-order valence-electron chi connectivity index (χ0n) is 10.6. The van der Waals surface area contributed by atoms with Crippen molar-refractivity contribution in [1.82, 2.24) is 9.55 Å². The summed E-state index contributed by atoms with van der Waals surface area (Å²) in [6.07, 6.45) is 5.35. The van der Waals surface area contributed by atoms with Crippen LogP contribution < -0.4 is 0 Å². The van der Waals surface area contributed by atoms with Gasteiger partial charge < -0.3 is 14.4 Å². The van der Waals surface area contributed by atoms with Crippen molar-refractivity contribution in [3.05, 3.63) is 42.4 Å². The number of aliphatic hydroxyl groups is 1. The third-order valence-electron chi connectivity index (χ3n) is 4.23. The van der Waals surface area contributed by atoms with E-state index in [1.165, 1.54) is 11.1 Å². The van der Waals surface area contributed by atoms with Gasteiger partial charge >= 0.3 is 0 Å². The Morgan fingerprint density at radius 2 is 2.26 bits per heavy atom. The van der Waals surface area contributed by atoms with E-state index in [1.807, 2.05) is 24.7 Å². The summed E-state index contributed by atoms with van der Waals surface area (Å²) in [5.74, 6) is 0. The Balaban J connectivity index is 1.89. The maximum Gasteiger partial charge on any atom is 0.113 e.